The molecule has 1 fully saturated rings. The average molecular weight is 301 g/mol. The second-order valence-corrected chi connectivity index (χ2v) is 7.35. The molecule has 1 aromatic heterocycles. The average Bonchev–Trinajstić information content (AvgIpc) is 2.88. The molecule has 0 radical (unpaired) electrons. The van der Waals surface area contributed by atoms with Gasteiger partial charge in [-0.05, 0) is 12.8 Å². The van der Waals surface area contributed by atoms with Gasteiger partial charge < -0.3 is 4.90 Å². The Balaban J connectivity index is 2.02. The van der Waals surface area contributed by atoms with Crippen LogP contribution in [0.5, 0.6) is 0 Å². The van der Waals surface area contributed by atoms with Crippen molar-refractivity contribution in [2.24, 2.45) is 5.92 Å². The van der Waals surface area contributed by atoms with Crippen molar-refractivity contribution in [2.45, 2.75) is 32.3 Å². The molecule has 1 saturated heterocycles. The van der Waals surface area contributed by atoms with Gasteiger partial charge in [-0.1, -0.05) is 13.8 Å². The standard InChI is InChI=1S/C12H23N5O2S/c1-4-17-13-9-12(14-17)20(18,19)16-7-5-15(6-8-16)10-11(2)3/h9,11H,4-8,10H2,1-3H3. The first kappa shape index (κ1) is 15.4. The third kappa shape index (κ3) is 3.36. The van der Waals surface area contributed by atoms with Crippen LogP contribution >= 0.6 is 0 Å². The van der Waals surface area contributed by atoms with Crippen molar-refractivity contribution in [3.63, 3.8) is 0 Å². The molecule has 1 aliphatic heterocycles. The van der Waals surface area contributed by atoms with Crippen molar-refractivity contribution in [2.75, 3.05) is 32.7 Å². The van der Waals surface area contributed by atoms with E-state index in [1.54, 1.807) is 0 Å². The van der Waals surface area contributed by atoms with E-state index in [1.165, 1.54) is 15.3 Å². The van der Waals surface area contributed by atoms with Crippen LogP contribution in [0, 0.1) is 5.92 Å². The lowest BCUT2D eigenvalue weighted by Gasteiger charge is -2.34. The van der Waals surface area contributed by atoms with E-state index in [-0.39, 0.29) is 5.03 Å². The fourth-order valence-corrected chi connectivity index (χ4v) is 3.64. The molecule has 2 heterocycles. The number of aromatic nitrogens is 3. The summed E-state index contributed by atoms with van der Waals surface area (Å²) in [6.07, 6.45) is 1.33. The van der Waals surface area contributed by atoms with E-state index >= 15 is 0 Å². The Kier molecular flexibility index (Phi) is 4.77. The molecule has 1 aliphatic rings. The van der Waals surface area contributed by atoms with Gasteiger partial charge in [-0.3, -0.25) is 0 Å². The van der Waals surface area contributed by atoms with E-state index in [0.717, 1.165) is 19.6 Å². The molecule has 1 aromatic rings. The maximum absolute atomic E-state index is 12.4. The molecule has 0 amide bonds. The summed E-state index contributed by atoms with van der Waals surface area (Å²) >= 11 is 0. The number of hydrogen-bond donors (Lipinski definition) is 0. The minimum Gasteiger partial charge on any atom is -0.300 e. The zero-order valence-corrected chi connectivity index (χ0v) is 13.2. The summed E-state index contributed by atoms with van der Waals surface area (Å²) in [6, 6.07) is 0. The second kappa shape index (κ2) is 6.19. The Bertz CT molecular complexity index is 532. The second-order valence-electron chi connectivity index (χ2n) is 5.47. The quantitative estimate of drug-likeness (QED) is 0.780. The van der Waals surface area contributed by atoms with Crippen molar-refractivity contribution in [1.82, 2.24) is 24.2 Å². The molecule has 0 aromatic carbocycles. The van der Waals surface area contributed by atoms with Crippen LogP contribution in [0.4, 0.5) is 0 Å². The molecule has 0 bridgehead atoms. The fraction of sp³-hybridized carbons (Fsp3) is 0.833. The minimum atomic E-state index is -3.49. The van der Waals surface area contributed by atoms with Crippen LogP contribution in [0.25, 0.3) is 0 Å². The lowest BCUT2D eigenvalue weighted by atomic mass is 10.2. The van der Waals surface area contributed by atoms with Crippen molar-refractivity contribution in [1.29, 1.82) is 0 Å². The van der Waals surface area contributed by atoms with Crippen molar-refractivity contribution >= 4 is 10.0 Å². The van der Waals surface area contributed by atoms with Gasteiger partial charge in [-0.25, -0.2) is 8.42 Å². The van der Waals surface area contributed by atoms with E-state index in [1.807, 2.05) is 6.92 Å². The maximum atomic E-state index is 12.4. The van der Waals surface area contributed by atoms with Crippen LogP contribution in [0.1, 0.15) is 20.8 Å². The number of aryl methyl sites for hydroxylation is 1. The molecule has 0 atom stereocenters. The Morgan fingerprint density at radius 1 is 1.25 bits per heavy atom. The summed E-state index contributed by atoms with van der Waals surface area (Å²) in [5, 5.41) is 8.00. The molecular weight excluding hydrogens is 278 g/mol. The normalized spacial score (nSPS) is 18.8. The van der Waals surface area contributed by atoms with Crippen molar-refractivity contribution < 1.29 is 8.42 Å². The topological polar surface area (TPSA) is 71.3 Å². The first-order chi connectivity index (χ1) is 9.43. The summed E-state index contributed by atoms with van der Waals surface area (Å²) in [6.45, 7) is 10.4. The Morgan fingerprint density at radius 2 is 1.90 bits per heavy atom. The van der Waals surface area contributed by atoms with Crippen LogP contribution in [-0.2, 0) is 16.6 Å². The van der Waals surface area contributed by atoms with E-state index in [9.17, 15) is 8.42 Å². The van der Waals surface area contributed by atoms with Crippen LogP contribution in [0.3, 0.4) is 0 Å². The van der Waals surface area contributed by atoms with Gasteiger partial charge in [0.15, 0.2) is 0 Å². The van der Waals surface area contributed by atoms with Crippen LogP contribution in [0.15, 0.2) is 11.2 Å². The molecule has 114 valence electrons. The third-order valence-corrected chi connectivity index (χ3v) is 5.12. The Morgan fingerprint density at radius 3 is 2.40 bits per heavy atom. The number of nitrogens with zero attached hydrogens (tertiary/aromatic N) is 5. The van der Waals surface area contributed by atoms with Crippen molar-refractivity contribution in [3.8, 4) is 0 Å². The highest BCUT2D eigenvalue weighted by Crippen LogP contribution is 2.15. The summed E-state index contributed by atoms with van der Waals surface area (Å²) in [7, 11) is -3.49. The third-order valence-electron chi connectivity index (χ3n) is 3.36. The van der Waals surface area contributed by atoms with Crippen LogP contribution in [-0.4, -0.2) is 65.3 Å². The highest BCUT2D eigenvalue weighted by molar-refractivity contribution is 7.89. The lowest BCUT2D eigenvalue weighted by molar-refractivity contribution is 0.172. The predicted octanol–water partition coefficient (Wildman–Crippen LogP) is 0.260. The summed E-state index contributed by atoms with van der Waals surface area (Å²) in [5.41, 5.74) is 0. The van der Waals surface area contributed by atoms with Gasteiger partial charge in [-0.15, -0.1) is 5.10 Å². The van der Waals surface area contributed by atoms with E-state index in [4.69, 9.17) is 0 Å². The fourth-order valence-electron chi connectivity index (χ4n) is 2.35. The SMILES string of the molecule is CCn1ncc(S(=O)(=O)N2CCN(CC(C)C)CC2)n1. The van der Waals surface area contributed by atoms with Gasteiger partial charge in [0, 0.05) is 32.7 Å². The summed E-state index contributed by atoms with van der Waals surface area (Å²) < 4.78 is 26.4. The van der Waals surface area contributed by atoms with E-state index in [2.05, 4.69) is 28.9 Å². The monoisotopic (exact) mass is 301 g/mol. The van der Waals surface area contributed by atoms with Gasteiger partial charge >= 0.3 is 0 Å². The molecule has 0 aliphatic carbocycles. The van der Waals surface area contributed by atoms with Gasteiger partial charge in [0.05, 0.1) is 12.7 Å². The highest BCUT2D eigenvalue weighted by Gasteiger charge is 2.30. The Hall–Kier alpha value is -0.990. The molecule has 2 rings (SSSR count). The molecule has 7 nitrogen and oxygen atoms in total. The molecule has 0 spiro atoms. The highest BCUT2D eigenvalue weighted by atomic mass is 32.2. The van der Waals surface area contributed by atoms with E-state index in [0.29, 0.717) is 25.6 Å². The first-order valence-electron chi connectivity index (χ1n) is 7.06. The largest absolute Gasteiger partial charge is 0.300 e. The zero-order chi connectivity index (χ0) is 14.8. The van der Waals surface area contributed by atoms with Crippen LogP contribution < -0.4 is 0 Å². The lowest BCUT2D eigenvalue weighted by Crippen LogP contribution is -2.49. The predicted molar refractivity (Wildman–Crippen MR) is 75.7 cm³/mol. The maximum Gasteiger partial charge on any atom is 0.264 e. The molecule has 0 saturated carbocycles. The van der Waals surface area contributed by atoms with Gasteiger partial charge in [0.25, 0.3) is 10.0 Å². The van der Waals surface area contributed by atoms with Crippen LogP contribution in [0.2, 0.25) is 0 Å². The zero-order valence-electron chi connectivity index (χ0n) is 12.4. The molecule has 8 heteroatoms. The van der Waals surface area contributed by atoms with E-state index < -0.39 is 10.0 Å². The molecule has 0 N–H and O–H groups in total. The number of hydrogen-bond acceptors (Lipinski definition) is 5. The summed E-state index contributed by atoms with van der Waals surface area (Å²) in [5.74, 6) is 0.600. The first-order valence-corrected chi connectivity index (χ1v) is 8.50. The van der Waals surface area contributed by atoms with Crippen molar-refractivity contribution in [3.05, 3.63) is 6.20 Å². The smallest absolute Gasteiger partial charge is 0.264 e. The van der Waals surface area contributed by atoms with Gasteiger partial charge in [0.1, 0.15) is 0 Å². The molecule has 20 heavy (non-hydrogen) atoms. The van der Waals surface area contributed by atoms with Gasteiger partial charge in [-0.2, -0.15) is 14.2 Å². The molecule has 0 unspecified atom stereocenters. The minimum absolute atomic E-state index is 0.0525. The summed E-state index contributed by atoms with van der Waals surface area (Å²) in [4.78, 5) is 3.70. The number of sulfonamides is 1. The molecular formula is C12H23N5O2S. The number of rotatable bonds is 5. The van der Waals surface area contributed by atoms with Gasteiger partial charge in [0.2, 0.25) is 5.03 Å². The Labute approximate surface area is 120 Å². The number of piperazine rings is 1.